The largest absolute Gasteiger partial charge is 0.352 e. The van der Waals surface area contributed by atoms with E-state index in [-0.39, 0.29) is 5.91 Å². The number of carbonyl (C=O) groups excluding carboxylic acids is 1. The number of halogens is 1. The van der Waals surface area contributed by atoms with Gasteiger partial charge in [0.1, 0.15) is 5.82 Å². The van der Waals surface area contributed by atoms with Gasteiger partial charge in [-0.2, -0.15) is 0 Å². The Bertz CT molecular complexity index is 1230. The molecule has 4 nitrogen and oxygen atoms in total. The van der Waals surface area contributed by atoms with Crippen LogP contribution in [0.2, 0.25) is 0 Å². The number of thioether (sulfide) groups is 1. The van der Waals surface area contributed by atoms with Gasteiger partial charge in [-0.05, 0) is 31.0 Å². The Labute approximate surface area is 204 Å². The molecule has 0 aliphatic heterocycles. The third-order valence-corrected chi connectivity index (χ3v) is 6.46. The minimum absolute atomic E-state index is 0.255. The van der Waals surface area contributed by atoms with Crippen LogP contribution in [0, 0.1) is 5.82 Å². The Morgan fingerprint density at radius 2 is 1.68 bits per heavy atom. The van der Waals surface area contributed by atoms with Gasteiger partial charge in [0, 0.05) is 35.5 Å². The number of nitrogens with one attached hydrogen (secondary N) is 1. The van der Waals surface area contributed by atoms with Gasteiger partial charge >= 0.3 is 0 Å². The smallest absolute Gasteiger partial charge is 0.251 e. The van der Waals surface area contributed by atoms with Crippen LogP contribution in [-0.4, -0.2) is 27.8 Å². The minimum Gasteiger partial charge on any atom is -0.352 e. The van der Waals surface area contributed by atoms with Crippen LogP contribution in [0.3, 0.4) is 0 Å². The molecule has 0 bridgehead atoms. The van der Waals surface area contributed by atoms with E-state index >= 15 is 0 Å². The molecule has 0 saturated heterocycles. The van der Waals surface area contributed by atoms with E-state index in [2.05, 4.69) is 53.2 Å². The maximum Gasteiger partial charge on any atom is 0.251 e. The topological polar surface area (TPSA) is 46.9 Å². The molecule has 6 heteroatoms. The van der Waals surface area contributed by atoms with Crippen molar-refractivity contribution >= 4 is 17.7 Å². The van der Waals surface area contributed by atoms with Crippen LogP contribution in [0.5, 0.6) is 0 Å². The van der Waals surface area contributed by atoms with Gasteiger partial charge in [-0.3, -0.25) is 4.79 Å². The first-order valence-electron chi connectivity index (χ1n) is 11.5. The second-order valence-corrected chi connectivity index (χ2v) is 9.01. The fourth-order valence-corrected chi connectivity index (χ4v) is 4.79. The molecule has 1 N–H and O–H groups in total. The lowest BCUT2D eigenvalue weighted by molar-refractivity contribution is 0.0953. The first kappa shape index (κ1) is 23.8. The van der Waals surface area contributed by atoms with E-state index in [9.17, 15) is 9.18 Å². The van der Waals surface area contributed by atoms with E-state index in [1.807, 2.05) is 24.3 Å². The number of hydrogen-bond acceptors (Lipinski definition) is 3. The van der Waals surface area contributed by atoms with Crippen LogP contribution < -0.4 is 5.32 Å². The summed E-state index contributed by atoms with van der Waals surface area (Å²) in [4.78, 5) is 17.3. The molecule has 0 aliphatic rings. The summed E-state index contributed by atoms with van der Waals surface area (Å²) in [5.41, 5.74) is 4.71. The summed E-state index contributed by atoms with van der Waals surface area (Å²) in [5.74, 6) is 0.149. The molecule has 0 spiro atoms. The number of rotatable bonds is 10. The molecule has 0 fully saturated rings. The summed E-state index contributed by atoms with van der Waals surface area (Å²) in [6, 6.07) is 26.4. The van der Waals surface area contributed by atoms with E-state index in [0.717, 1.165) is 52.8 Å². The zero-order chi connectivity index (χ0) is 23.8. The van der Waals surface area contributed by atoms with Crippen LogP contribution in [0.1, 0.15) is 30.1 Å². The van der Waals surface area contributed by atoms with Crippen LogP contribution in [0.15, 0.2) is 90.1 Å². The maximum atomic E-state index is 13.3. The van der Waals surface area contributed by atoms with E-state index in [4.69, 9.17) is 4.98 Å². The lowest BCUT2D eigenvalue weighted by Crippen LogP contribution is -2.24. The first-order chi connectivity index (χ1) is 16.7. The van der Waals surface area contributed by atoms with Gasteiger partial charge in [-0.25, -0.2) is 9.37 Å². The Hall–Kier alpha value is -3.38. The van der Waals surface area contributed by atoms with Crippen LogP contribution in [-0.2, 0) is 6.54 Å². The molecule has 0 aliphatic carbocycles. The Morgan fingerprint density at radius 1 is 0.971 bits per heavy atom. The van der Waals surface area contributed by atoms with E-state index < -0.39 is 5.82 Å². The van der Waals surface area contributed by atoms with Crippen molar-refractivity contribution in [3.05, 3.63) is 96.3 Å². The quantitative estimate of drug-likeness (QED) is 0.206. The van der Waals surface area contributed by atoms with Gasteiger partial charge in [-0.1, -0.05) is 85.4 Å². The highest BCUT2D eigenvalue weighted by Gasteiger charge is 2.19. The Kier molecular flexibility index (Phi) is 8.15. The summed E-state index contributed by atoms with van der Waals surface area (Å²) in [7, 11) is 0. The number of hydrogen-bond donors (Lipinski definition) is 1. The molecule has 0 atom stereocenters. The van der Waals surface area contributed by atoms with Gasteiger partial charge in [-0.15, -0.1) is 0 Å². The highest BCUT2D eigenvalue weighted by atomic mass is 32.2. The average Bonchev–Trinajstić information content (AvgIpc) is 3.23. The van der Waals surface area contributed by atoms with Gasteiger partial charge < -0.3 is 9.88 Å². The fraction of sp³-hybridized carbons (Fsp3) is 0.214. The van der Waals surface area contributed by atoms with Gasteiger partial charge in [0.05, 0.1) is 11.4 Å². The van der Waals surface area contributed by atoms with Crippen molar-refractivity contribution in [2.75, 3.05) is 12.3 Å². The van der Waals surface area contributed by atoms with Crippen molar-refractivity contribution in [2.45, 2.75) is 31.5 Å². The molecule has 174 valence electrons. The second-order valence-electron chi connectivity index (χ2n) is 7.94. The molecule has 0 radical (unpaired) electrons. The highest BCUT2D eigenvalue weighted by Crippen LogP contribution is 2.36. The van der Waals surface area contributed by atoms with Crippen molar-refractivity contribution < 1.29 is 9.18 Å². The standard InChI is InChI=1S/C28H28FN3OS/c1-2-18-32-26(22-13-7-4-8-14-22)25(21-11-5-3-6-12-21)31-28(32)34-19-10-17-30-27(33)23-15-9-16-24(29)20-23/h3-9,11-16,20H,2,10,17-19H2,1H3,(H,30,33). The molecule has 1 amide bonds. The monoisotopic (exact) mass is 473 g/mol. The second kappa shape index (κ2) is 11.7. The predicted octanol–water partition coefficient (Wildman–Crippen LogP) is 6.68. The van der Waals surface area contributed by atoms with Crippen LogP contribution in [0.25, 0.3) is 22.5 Å². The Morgan fingerprint density at radius 3 is 2.35 bits per heavy atom. The van der Waals surface area contributed by atoms with E-state index in [1.54, 1.807) is 23.9 Å². The zero-order valence-electron chi connectivity index (χ0n) is 19.2. The molecule has 0 unspecified atom stereocenters. The van der Waals surface area contributed by atoms with Crippen molar-refractivity contribution in [2.24, 2.45) is 0 Å². The number of aromatic nitrogens is 2. The average molecular weight is 474 g/mol. The maximum absolute atomic E-state index is 13.3. The van der Waals surface area contributed by atoms with Crippen molar-refractivity contribution in [3.8, 4) is 22.5 Å². The SMILES string of the molecule is CCCn1c(SCCCNC(=O)c2cccc(F)c2)nc(-c2ccccc2)c1-c1ccccc1. The number of carbonyl (C=O) groups is 1. The minimum atomic E-state index is -0.408. The number of nitrogens with zero attached hydrogens (tertiary/aromatic N) is 2. The van der Waals surface area contributed by atoms with Gasteiger partial charge in [0.25, 0.3) is 5.91 Å². The molecule has 0 saturated carbocycles. The molecule has 4 rings (SSSR count). The lowest BCUT2D eigenvalue weighted by Gasteiger charge is -2.12. The van der Waals surface area contributed by atoms with Crippen molar-refractivity contribution in [1.29, 1.82) is 0 Å². The summed E-state index contributed by atoms with van der Waals surface area (Å²) >= 11 is 1.70. The highest BCUT2D eigenvalue weighted by molar-refractivity contribution is 7.99. The first-order valence-corrected chi connectivity index (χ1v) is 12.5. The predicted molar refractivity (Wildman–Crippen MR) is 137 cm³/mol. The molecule has 1 heterocycles. The summed E-state index contributed by atoms with van der Waals surface area (Å²) in [6.07, 6.45) is 1.79. The lowest BCUT2D eigenvalue weighted by atomic mass is 10.0. The fourth-order valence-electron chi connectivity index (χ4n) is 3.83. The van der Waals surface area contributed by atoms with Gasteiger partial charge in [0.15, 0.2) is 5.16 Å². The third-order valence-electron chi connectivity index (χ3n) is 5.40. The third kappa shape index (κ3) is 5.75. The molecule has 1 aromatic heterocycles. The summed E-state index contributed by atoms with van der Waals surface area (Å²) < 4.78 is 15.7. The Balaban J connectivity index is 1.49. The number of imidazole rings is 1. The number of benzene rings is 3. The van der Waals surface area contributed by atoms with Crippen molar-refractivity contribution in [1.82, 2.24) is 14.9 Å². The zero-order valence-corrected chi connectivity index (χ0v) is 20.0. The molecular formula is C28H28FN3OS. The summed E-state index contributed by atoms with van der Waals surface area (Å²) in [6.45, 7) is 3.57. The van der Waals surface area contributed by atoms with Crippen molar-refractivity contribution in [3.63, 3.8) is 0 Å². The van der Waals surface area contributed by atoms with E-state index in [0.29, 0.717) is 12.1 Å². The molecule has 3 aromatic carbocycles. The summed E-state index contributed by atoms with van der Waals surface area (Å²) in [5, 5.41) is 3.86. The normalized spacial score (nSPS) is 10.9. The van der Waals surface area contributed by atoms with Gasteiger partial charge in [0.2, 0.25) is 0 Å². The van der Waals surface area contributed by atoms with E-state index in [1.165, 1.54) is 12.1 Å². The molecule has 4 aromatic rings. The molecular weight excluding hydrogens is 445 g/mol. The van der Waals surface area contributed by atoms with Crippen LogP contribution in [0.4, 0.5) is 4.39 Å². The van der Waals surface area contributed by atoms with Crippen LogP contribution >= 0.6 is 11.8 Å². The molecule has 34 heavy (non-hydrogen) atoms. The number of amides is 1.